The summed E-state index contributed by atoms with van der Waals surface area (Å²) in [7, 11) is 0. The minimum Gasteiger partial charge on any atom is -0.481 e. The number of hydrogen-bond acceptors (Lipinski definition) is 3. The normalized spacial score (nSPS) is 21.4. The molecule has 0 aromatic heterocycles. The Morgan fingerprint density at radius 2 is 1.67 bits per heavy atom. The third-order valence-corrected chi connectivity index (χ3v) is 5.45. The molecule has 1 N–H and O–H groups in total. The molecule has 1 fully saturated rings. The molecule has 2 unspecified atom stereocenters. The molecule has 0 saturated carbocycles. The van der Waals surface area contributed by atoms with Gasteiger partial charge in [0.1, 0.15) is 12.8 Å². The summed E-state index contributed by atoms with van der Waals surface area (Å²) in [5.74, 6) is -2.27. The van der Waals surface area contributed by atoms with E-state index in [2.05, 4.69) is 12.1 Å². The van der Waals surface area contributed by atoms with Gasteiger partial charge in [-0.3, -0.25) is 4.79 Å². The van der Waals surface area contributed by atoms with Crippen molar-refractivity contribution in [2.75, 3.05) is 19.7 Å². The molecule has 2 aromatic carbocycles. The summed E-state index contributed by atoms with van der Waals surface area (Å²) >= 11 is 0. The minimum atomic E-state index is -1.57. The molecule has 1 saturated heterocycles. The lowest BCUT2D eigenvalue weighted by molar-refractivity contribution is -0.146. The number of amides is 1. The molecule has 2 aromatic rings. The second-order valence-electron chi connectivity index (χ2n) is 7.00. The number of carboxylic acid groups (broad SMARTS) is 1. The molecule has 5 nitrogen and oxygen atoms in total. The zero-order valence-electron chi connectivity index (χ0n) is 14.7. The average Bonchev–Trinajstić information content (AvgIpc) is 2.99. The number of nitrogens with zero attached hydrogens (tertiary/aromatic N) is 1. The minimum absolute atomic E-state index is 0.0564. The number of rotatable bonds is 3. The lowest BCUT2D eigenvalue weighted by atomic mass is 9.95. The molecule has 0 radical (unpaired) electrons. The number of fused-ring (bicyclic) bond motifs is 3. The maximum absolute atomic E-state index is 14.0. The Kier molecular flexibility index (Phi) is 4.56. The number of benzene rings is 2. The first-order valence-corrected chi connectivity index (χ1v) is 9.03. The summed E-state index contributed by atoms with van der Waals surface area (Å²) in [5, 5.41) is 8.99. The molecular weight excluding hydrogens is 349 g/mol. The smallest absolute Gasteiger partial charge is 0.409 e. The van der Waals surface area contributed by atoms with Gasteiger partial charge in [-0.15, -0.1) is 0 Å². The van der Waals surface area contributed by atoms with Crippen molar-refractivity contribution in [1.82, 2.24) is 4.90 Å². The molecule has 1 amide bonds. The number of carbonyl (C=O) groups is 2. The summed E-state index contributed by atoms with van der Waals surface area (Å²) in [6.07, 6.45) is -2.07. The Morgan fingerprint density at radius 1 is 1.07 bits per heavy atom. The number of aliphatic carboxylic acids is 1. The highest BCUT2D eigenvalue weighted by atomic mass is 19.1. The third-order valence-electron chi connectivity index (χ3n) is 5.45. The predicted octanol–water partition coefficient (Wildman–Crippen LogP) is 3.68. The molecule has 0 bridgehead atoms. The lowest BCUT2D eigenvalue weighted by Crippen LogP contribution is -2.47. The number of carbonyl (C=O) groups excluding carboxylic acids is 1. The van der Waals surface area contributed by atoms with E-state index in [0.29, 0.717) is 0 Å². The van der Waals surface area contributed by atoms with Crippen LogP contribution in [0.1, 0.15) is 23.5 Å². The molecular formula is C21H20FNO4. The highest BCUT2D eigenvalue weighted by Crippen LogP contribution is 2.44. The Labute approximate surface area is 156 Å². The molecule has 1 aliphatic heterocycles. The summed E-state index contributed by atoms with van der Waals surface area (Å²) in [6.45, 7) is 0.115. The fourth-order valence-corrected chi connectivity index (χ4v) is 4.03. The molecule has 4 rings (SSSR count). The molecule has 1 aliphatic carbocycles. The van der Waals surface area contributed by atoms with Crippen LogP contribution in [0.5, 0.6) is 0 Å². The summed E-state index contributed by atoms with van der Waals surface area (Å²) in [6, 6.07) is 16.1. The molecule has 2 atom stereocenters. The Bertz CT molecular complexity index is 838. The van der Waals surface area contributed by atoms with Crippen LogP contribution in [0.3, 0.4) is 0 Å². The van der Waals surface area contributed by atoms with E-state index in [0.717, 1.165) is 22.3 Å². The summed E-state index contributed by atoms with van der Waals surface area (Å²) in [5.41, 5.74) is 4.50. The molecule has 0 spiro atoms. The van der Waals surface area contributed by atoms with Crippen molar-refractivity contribution >= 4 is 12.1 Å². The summed E-state index contributed by atoms with van der Waals surface area (Å²) in [4.78, 5) is 24.7. The number of likely N-dealkylation sites (tertiary alicyclic amines) is 1. The second-order valence-corrected chi connectivity index (χ2v) is 7.00. The molecule has 6 heteroatoms. The Balaban J connectivity index is 1.45. The first kappa shape index (κ1) is 17.5. The number of carboxylic acids is 1. The van der Waals surface area contributed by atoms with E-state index >= 15 is 0 Å². The van der Waals surface area contributed by atoms with Gasteiger partial charge < -0.3 is 14.7 Å². The molecule has 1 heterocycles. The zero-order valence-corrected chi connectivity index (χ0v) is 14.7. The average molecular weight is 369 g/mol. The first-order chi connectivity index (χ1) is 13.1. The second kappa shape index (κ2) is 7.02. The monoisotopic (exact) mass is 369 g/mol. The third kappa shape index (κ3) is 3.16. The van der Waals surface area contributed by atoms with Gasteiger partial charge in [-0.1, -0.05) is 48.5 Å². The number of alkyl halides is 1. The maximum Gasteiger partial charge on any atom is 0.409 e. The van der Waals surface area contributed by atoms with Crippen LogP contribution in [-0.4, -0.2) is 47.9 Å². The predicted molar refractivity (Wildman–Crippen MR) is 97.3 cm³/mol. The highest BCUT2D eigenvalue weighted by molar-refractivity contribution is 5.79. The van der Waals surface area contributed by atoms with Crippen molar-refractivity contribution in [3.8, 4) is 11.1 Å². The van der Waals surface area contributed by atoms with E-state index in [4.69, 9.17) is 9.84 Å². The van der Waals surface area contributed by atoms with E-state index in [1.165, 1.54) is 4.90 Å². The number of halogens is 1. The van der Waals surface area contributed by atoms with Gasteiger partial charge in [0.05, 0.1) is 12.5 Å². The highest BCUT2D eigenvalue weighted by Gasteiger charge is 2.37. The van der Waals surface area contributed by atoms with Crippen molar-refractivity contribution in [2.45, 2.75) is 18.5 Å². The van der Waals surface area contributed by atoms with Crippen molar-refractivity contribution in [1.29, 1.82) is 0 Å². The van der Waals surface area contributed by atoms with Crippen LogP contribution in [0.25, 0.3) is 11.1 Å². The number of piperidine rings is 1. The standard InChI is InChI=1S/C21H20FNO4/c22-19-11-23(10-9-17(19)20(24)25)21(26)27-12-18-15-7-3-1-5-13(15)14-6-2-4-8-16(14)18/h1-8,17-19H,9-12H2,(H,24,25). The Morgan fingerprint density at radius 3 is 2.22 bits per heavy atom. The van der Waals surface area contributed by atoms with Crippen LogP contribution in [-0.2, 0) is 9.53 Å². The Hall–Kier alpha value is -2.89. The zero-order chi connectivity index (χ0) is 19.0. The van der Waals surface area contributed by atoms with Gasteiger partial charge in [0.2, 0.25) is 0 Å². The number of hydrogen-bond donors (Lipinski definition) is 1. The van der Waals surface area contributed by atoms with Gasteiger partial charge in [-0.25, -0.2) is 9.18 Å². The van der Waals surface area contributed by atoms with Crippen molar-refractivity contribution in [3.05, 3.63) is 59.7 Å². The van der Waals surface area contributed by atoms with Crippen LogP contribution < -0.4 is 0 Å². The van der Waals surface area contributed by atoms with Gasteiger partial charge in [0.15, 0.2) is 0 Å². The molecule has 140 valence electrons. The number of ether oxygens (including phenoxy) is 1. The van der Waals surface area contributed by atoms with Crippen LogP contribution in [0, 0.1) is 5.92 Å². The van der Waals surface area contributed by atoms with Crippen LogP contribution >= 0.6 is 0 Å². The van der Waals surface area contributed by atoms with E-state index in [1.54, 1.807) is 0 Å². The summed E-state index contributed by atoms with van der Waals surface area (Å²) < 4.78 is 19.5. The van der Waals surface area contributed by atoms with E-state index < -0.39 is 24.2 Å². The maximum atomic E-state index is 14.0. The first-order valence-electron chi connectivity index (χ1n) is 9.03. The molecule has 2 aliphatic rings. The quantitative estimate of drug-likeness (QED) is 0.896. The van der Waals surface area contributed by atoms with Crippen molar-refractivity contribution in [3.63, 3.8) is 0 Å². The SMILES string of the molecule is O=C(O)C1CCN(C(=O)OCC2c3ccccc3-c3ccccc32)CC1F. The van der Waals surface area contributed by atoms with E-state index in [-0.39, 0.29) is 32.0 Å². The van der Waals surface area contributed by atoms with Gasteiger partial charge in [-0.2, -0.15) is 0 Å². The lowest BCUT2D eigenvalue weighted by Gasteiger charge is -2.32. The molecule has 27 heavy (non-hydrogen) atoms. The van der Waals surface area contributed by atoms with Gasteiger partial charge in [0, 0.05) is 12.5 Å². The van der Waals surface area contributed by atoms with Crippen LogP contribution in [0.2, 0.25) is 0 Å². The van der Waals surface area contributed by atoms with Crippen LogP contribution in [0.4, 0.5) is 9.18 Å². The fourth-order valence-electron chi connectivity index (χ4n) is 4.03. The van der Waals surface area contributed by atoms with E-state index in [1.807, 2.05) is 36.4 Å². The van der Waals surface area contributed by atoms with Crippen molar-refractivity contribution < 1.29 is 23.8 Å². The van der Waals surface area contributed by atoms with Gasteiger partial charge >= 0.3 is 12.1 Å². The topological polar surface area (TPSA) is 66.8 Å². The fraction of sp³-hybridized carbons (Fsp3) is 0.333. The van der Waals surface area contributed by atoms with Gasteiger partial charge in [0.25, 0.3) is 0 Å². The van der Waals surface area contributed by atoms with E-state index in [9.17, 15) is 14.0 Å². The largest absolute Gasteiger partial charge is 0.481 e. The van der Waals surface area contributed by atoms with Crippen LogP contribution in [0.15, 0.2) is 48.5 Å². The van der Waals surface area contributed by atoms with Gasteiger partial charge in [-0.05, 0) is 28.7 Å². The van der Waals surface area contributed by atoms with Crippen molar-refractivity contribution in [2.24, 2.45) is 5.92 Å².